The van der Waals surface area contributed by atoms with Gasteiger partial charge in [0.05, 0.1) is 0 Å². The molecule has 0 bridgehead atoms. The van der Waals surface area contributed by atoms with Crippen molar-refractivity contribution in [2.24, 2.45) is 5.73 Å². The highest BCUT2D eigenvalue weighted by Crippen LogP contribution is 2.28. The van der Waals surface area contributed by atoms with Crippen LogP contribution < -0.4 is 5.73 Å². The Morgan fingerprint density at radius 1 is 0.895 bits per heavy atom. The van der Waals surface area contributed by atoms with E-state index in [0.717, 1.165) is 12.8 Å². The molecule has 0 aliphatic rings. The molecule has 100 valence electrons. The third-order valence-corrected chi connectivity index (χ3v) is 3.96. The van der Waals surface area contributed by atoms with Gasteiger partial charge in [0.25, 0.3) is 0 Å². The summed E-state index contributed by atoms with van der Waals surface area (Å²) in [6.07, 6.45) is 3.43. The molecule has 2 aromatic rings. The van der Waals surface area contributed by atoms with Crippen molar-refractivity contribution in [2.45, 2.75) is 31.6 Å². The van der Waals surface area contributed by atoms with Crippen LogP contribution in [0.4, 0.5) is 0 Å². The Bertz CT molecular complexity index is 478. The number of benzene rings is 2. The van der Waals surface area contributed by atoms with Crippen molar-refractivity contribution >= 4 is 0 Å². The van der Waals surface area contributed by atoms with Crippen LogP contribution in [-0.2, 0) is 11.8 Å². The molecular formula is C18H23N. The molecule has 2 N–H and O–H groups in total. The van der Waals surface area contributed by atoms with Crippen molar-refractivity contribution in [3.63, 3.8) is 0 Å². The molecule has 19 heavy (non-hydrogen) atoms. The van der Waals surface area contributed by atoms with Crippen LogP contribution in [0.2, 0.25) is 0 Å². The second-order valence-corrected chi connectivity index (χ2v) is 5.47. The zero-order valence-corrected chi connectivity index (χ0v) is 11.7. The Labute approximate surface area is 116 Å². The lowest BCUT2D eigenvalue weighted by molar-refractivity contribution is 0.430. The first kappa shape index (κ1) is 13.8. The van der Waals surface area contributed by atoms with Crippen LogP contribution in [0.25, 0.3) is 0 Å². The van der Waals surface area contributed by atoms with Gasteiger partial charge in [0.15, 0.2) is 0 Å². The van der Waals surface area contributed by atoms with Gasteiger partial charge in [0.2, 0.25) is 0 Å². The molecule has 0 radical (unpaired) electrons. The first-order chi connectivity index (χ1) is 9.24. The minimum atomic E-state index is 0.0933. The highest BCUT2D eigenvalue weighted by atomic mass is 14.6. The average molecular weight is 253 g/mol. The summed E-state index contributed by atoms with van der Waals surface area (Å²) >= 11 is 0. The standard InChI is InChI=1S/C18H23N/c1-18(15-19,17-12-6-3-7-13-17)14-8-11-16-9-4-2-5-10-16/h2-7,9-10,12-13H,8,11,14-15,19H2,1H3. The fourth-order valence-electron chi connectivity index (χ4n) is 2.53. The molecule has 0 aliphatic carbocycles. The minimum absolute atomic E-state index is 0.0933. The molecule has 1 unspecified atom stereocenters. The van der Waals surface area contributed by atoms with E-state index >= 15 is 0 Å². The molecule has 0 heterocycles. The zero-order chi connectivity index (χ0) is 13.6. The lowest BCUT2D eigenvalue weighted by Crippen LogP contribution is -2.31. The van der Waals surface area contributed by atoms with Crippen LogP contribution in [0, 0.1) is 0 Å². The van der Waals surface area contributed by atoms with Crippen molar-refractivity contribution < 1.29 is 0 Å². The van der Waals surface area contributed by atoms with E-state index in [0.29, 0.717) is 6.54 Å². The van der Waals surface area contributed by atoms with Gasteiger partial charge in [-0.05, 0) is 30.4 Å². The Kier molecular flexibility index (Phi) is 4.75. The molecule has 0 spiro atoms. The fourth-order valence-corrected chi connectivity index (χ4v) is 2.53. The zero-order valence-electron chi connectivity index (χ0n) is 11.7. The van der Waals surface area contributed by atoms with Crippen LogP contribution >= 0.6 is 0 Å². The normalized spacial score (nSPS) is 14.0. The van der Waals surface area contributed by atoms with E-state index in [4.69, 9.17) is 5.73 Å². The van der Waals surface area contributed by atoms with Crippen molar-refractivity contribution in [3.8, 4) is 0 Å². The van der Waals surface area contributed by atoms with Crippen molar-refractivity contribution in [2.75, 3.05) is 6.54 Å². The molecule has 1 heteroatoms. The summed E-state index contributed by atoms with van der Waals surface area (Å²) in [6, 6.07) is 21.3. The molecule has 0 aromatic heterocycles. The molecular weight excluding hydrogens is 230 g/mol. The van der Waals surface area contributed by atoms with Gasteiger partial charge < -0.3 is 5.73 Å². The molecule has 0 fully saturated rings. The summed E-state index contributed by atoms with van der Waals surface area (Å²) in [5.41, 5.74) is 8.88. The number of hydrogen-bond acceptors (Lipinski definition) is 1. The number of hydrogen-bond donors (Lipinski definition) is 1. The summed E-state index contributed by atoms with van der Waals surface area (Å²) in [4.78, 5) is 0. The maximum Gasteiger partial charge on any atom is 0.00474 e. The maximum absolute atomic E-state index is 6.02. The lowest BCUT2D eigenvalue weighted by atomic mass is 9.78. The van der Waals surface area contributed by atoms with E-state index in [-0.39, 0.29) is 5.41 Å². The van der Waals surface area contributed by atoms with E-state index in [1.54, 1.807) is 0 Å². The lowest BCUT2D eigenvalue weighted by Gasteiger charge is -2.28. The largest absolute Gasteiger partial charge is 0.330 e. The van der Waals surface area contributed by atoms with E-state index < -0.39 is 0 Å². The van der Waals surface area contributed by atoms with Crippen LogP contribution in [0.1, 0.15) is 30.9 Å². The van der Waals surface area contributed by atoms with Crippen LogP contribution in [0.15, 0.2) is 60.7 Å². The number of nitrogens with two attached hydrogens (primary N) is 1. The molecule has 1 nitrogen and oxygen atoms in total. The summed E-state index contributed by atoms with van der Waals surface area (Å²) in [7, 11) is 0. The highest BCUT2D eigenvalue weighted by Gasteiger charge is 2.23. The maximum atomic E-state index is 6.02. The van der Waals surface area contributed by atoms with E-state index in [1.807, 2.05) is 0 Å². The van der Waals surface area contributed by atoms with Crippen molar-refractivity contribution in [3.05, 3.63) is 71.8 Å². The SMILES string of the molecule is CC(CN)(CCCc1ccccc1)c1ccccc1. The highest BCUT2D eigenvalue weighted by molar-refractivity contribution is 5.25. The molecule has 1 atom stereocenters. The smallest absolute Gasteiger partial charge is 0.00474 e. The van der Waals surface area contributed by atoms with Gasteiger partial charge in [-0.1, -0.05) is 67.6 Å². The van der Waals surface area contributed by atoms with Gasteiger partial charge in [-0.3, -0.25) is 0 Å². The quantitative estimate of drug-likeness (QED) is 0.829. The molecule has 2 aromatic carbocycles. The molecule has 0 amide bonds. The molecule has 0 saturated carbocycles. The monoisotopic (exact) mass is 253 g/mol. The summed E-state index contributed by atoms with van der Waals surface area (Å²) in [6.45, 7) is 2.97. The molecule has 0 saturated heterocycles. The van der Waals surface area contributed by atoms with Crippen LogP contribution in [0.3, 0.4) is 0 Å². The second-order valence-electron chi connectivity index (χ2n) is 5.47. The predicted octanol–water partition coefficient (Wildman–Crippen LogP) is 3.93. The van der Waals surface area contributed by atoms with E-state index in [9.17, 15) is 0 Å². The topological polar surface area (TPSA) is 26.0 Å². The third-order valence-electron chi connectivity index (χ3n) is 3.96. The van der Waals surface area contributed by atoms with E-state index in [2.05, 4.69) is 67.6 Å². The van der Waals surface area contributed by atoms with Crippen molar-refractivity contribution in [1.29, 1.82) is 0 Å². The Hall–Kier alpha value is -1.60. The van der Waals surface area contributed by atoms with Gasteiger partial charge in [-0.15, -0.1) is 0 Å². The Morgan fingerprint density at radius 3 is 2.05 bits per heavy atom. The Balaban J connectivity index is 1.96. The van der Waals surface area contributed by atoms with Gasteiger partial charge >= 0.3 is 0 Å². The molecule has 0 aliphatic heterocycles. The van der Waals surface area contributed by atoms with Crippen molar-refractivity contribution in [1.82, 2.24) is 0 Å². The van der Waals surface area contributed by atoms with Gasteiger partial charge in [0.1, 0.15) is 0 Å². The Morgan fingerprint density at radius 2 is 1.47 bits per heavy atom. The van der Waals surface area contributed by atoms with Crippen LogP contribution in [0.5, 0.6) is 0 Å². The second kappa shape index (κ2) is 6.53. The summed E-state index contributed by atoms with van der Waals surface area (Å²) in [5.74, 6) is 0. The first-order valence-corrected chi connectivity index (χ1v) is 7.04. The average Bonchev–Trinajstić information content (AvgIpc) is 2.49. The van der Waals surface area contributed by atoms with Crippen LogP contribution in [-0.4, -0.2) is 6.54 Å². The van der Waals surface area contributed by atoms with Gasteiger partial charge in [-0.2, -0.15) is 0 Å². The fraction of sp³-hybridized carbons (Fsp3) is 0.333. The molecule has 2 rings (SSSR count). The minimum Gasteiger partial charge on any atom is -0.330 e. The number of aryl methyl sites for hydroxylation is 1. The summed E-state index contributed by atoms with van der Waals surface area (Å²) in [5, 5.41) is 0. The van der Waals surface area contributed by atoms with Gasteiger partial charge in [0, 0.05) is 12.0 Å². The van der Waals surface area contributed by atoms with E-state index in [1.165, 1.54) is 17.5 Å². The summed E-state index contributed by atoms with van der Waals surface area (Å²) < 4.78 is 0. The predicted molar refractivity (Wildman–Crippen MR) is 82.2 cm³/mol. The third kappa shape index (κ3) is 3.68. The van der Waals surface area contributed by atoms with Gasteiger partial charge in [-0.25, -0.2) is 0 Å². The first-order valence-electron chi connectivity index (χ1n) is 7.04. The number of rotatable bonds is 6.